The van der Waals surface area contributed by atoms with Gasteiger partial charge in [0.25, 0.3) is 5.91 Å². The molecule has 3 heterocycles. The third-order valence-electron chi connectivity index (χ3n) is 4.23. The number of anilines is 1. The van der Waals surface area contributed by atoms with E-state index >= 15 is 0 Å². The molecular formula is C15H20N4O5S. The fraction of sp³-hybridized carbons (Fsp3) is 0.467. The molecular weight excluding hydrogens is 348 g/mol. The molecule has 0 bridgehead atoms. The summed E-state index contributed by atoms with van der Waals surface area (Å²) in [4.78, 5) is 18.1. The van der Waals surface area contributed by atoms with Crippen molar-refractivity contribution in [2.75, 3.05) is 37.7 Å². The van der Waals surface area contributed by atoms with Crippen molar-refractivity contribution in [3.05, 3.63) is 30.5 Å². The number of nitrogens with one attached hydrogen (secondary N) is 1. The molecule has 1 atom stereocenters. The van der Waals surface area contributed by atoms with E-state index in [4.69, 9.17) is 9.94 Å². The predicted molar refractivity (Wildman–Crippen MR) is 88.6 cm³/mol. The van der Waals surface area contributed by atoms with Crippen LogP contribution < -0.4 is 10.4 Å². The lowest BCUT2D eigenvalue weighted by Crippen LogP contribution is -2.50. The number of morpholine rings is 1. The number of ether oxygens (including phenoxy) is 1. The molecule has 2 N–H and O–H groups in total. The van der Waals surface area contributed by atoms with Gasteiger partial charge in [0.2, 0.25) is 10.0 Å². The Morgan fingerprint density at radius 1 is 1.28 bits per heavy atom. The van der Waals surface area contributed by atoms with Gasteiger partial charge < -0.3 is 9.64 Å². The lowest BCUT2D eigenvalue weighted by atomic mass is 10.1. The van der Waals surface area contributed by atoms with E-state index in [2.05, 4.69) is 4.98 Å². The van der Waals surface area contributed by atoms with E-state index < -0.39 is 22.0 Å². The third kappa shape index (κ3) is 3.66. The molecule has 1 aromatic heterocycles. The number of amides is 1. The second-order valence-corrected chi connectivity index (χ2v) is 7.62. The summed E-state index contributed by atoms with van der Waals surface area (Å²) >= 11 is 0. The summed E-state index contributed by atoms with van der Waals surface area (Å²) in [6, 6.07) is 2.15. The highest BCUT2D eigenvalue weighted by Gasteiger charge is 2.36. The first kappa shape index (κ1) is 17.8. The van der Waals surface area contributed by atoms with Crippen LogP contribution in [0.3, 0.4) is 0 Å². The Hall–Kier alpha value is -2.01. The lowest BCUT2D eigenvalue weighted by Gasteiger charge is -2.30. The van der Waals surface area contributed by atoms with Crippen LogP contribution in [0, 0.1) is 0 Å². The Morgan fingerprint density at radius 3 is 2.68 bits per heavy atom. The number of hydrogen-bond donors (Lipinski definition) is 2. The smallest absolute Gasteiger partial charge is 0.262 e. The van der Waals surface area contributed by atoms with Crippen molar-refractivity contribution in [3.8, 4) is 0 Å². The Balaban J connectivity index is 1.83. The Kier molecular flexibility index (Phi) is 5.33. The molecule has 0 aliphatic carbocycles. The molecule has 136 valence electrons. The van der Waals surface area contributed by atoms with E-state index in [9.17, 15) is 13.2 Å². The molecule has 1 fully saturated rings. The normalized spacial score (nSPS) is 22.0. The van der Waals surface area contributed by atoms with E-state index in [1.807, 2.05) is 4.90 Å². The van der Waals surface area contributed by atoms with Crippen molar-refractivity contribution in [2.24, 2.45) is 0 Å². The van der Waals surface area contributed by atoms with Crippen LogP contribution in [0.25, 0.3) is 0 Å². The van der Waals surface area contributed by atoms with Crippen LogP contribution in [0.5, 0.6) is 0 Å². The SMILES string of the molecule is O=C(NO)C1CC=CCN1S(=O)(=O)c1ccc(N2CCOCC2)nc1. The molecule has 0 aromatic carbocycles. The Bertz CT molecular complexity index is 744. The highest BCUT2D eigenvalue weighted by atomic mass is 32.2. The van der Waals surface area contributed by atoms with Gasteiger partial charge in [-0.05, 0) is 18.6 Å². The topological polar surface area (TPSA) is 112 Å². The van der Waals surface area contributed by atoms with Crippen molar-refractivity contribution in [1.29, 1.82) is 0 Å². The number of rotatable bonds is 4. The minimum absolute atomic E-state index is 0.00977. The van der Waals surface area contributed by atoms with E-state index in [1.165, 1.54) is 17.7 Å². The maximum absolute atomic E-state index is 12.9. The van der Waals surface area contributed by atoms with Crippen LogP contribution in [0.1, 0.15) is 6.42 Å². The van der Waals surface area contributed by atoms with Crippen molar-refractivity contribution < 1.29 is 23.2 Å². The summed E-state index contributed by atoms with van der Waals surface area (Å²) in [5.74, 6) is -0.0729. The number of pyridine rings is 1. The minimum atomic E-state index is -3.91. The number of carbonyl (C=O) groups excluding carboxylic acids is 1. The molecule has 0 spiro atoms. The van der Waals surface area contributed by atoms with Crippen molar-refractivity contribution in [2.45, 2.75) is 17.4 Å². The highest BCUT2D eigenvalue weighted by Crippen LogP contribution is 2.24. The number of hydroxylamine groups is 1. The van der Waals surface area contributed by atoms with Crippen LogP contribution in [-0.2, 0) is 19.6 Å². The zero-order chi connectivity index (χ0) is 17.9. The van der Waals surface area contributed by atoms with E-state index in [0.717, 1.165) is 4.31 Å². The van der Waals surface area contributed by atoms with Gasteiger partial charge in [-0.3, -0.25) is 10.0 Å². The molecule has 1 saturated heterocycles. The zero-order valence-corrected chi connectivity index (χ0v) is 14.4. The summed E-state index contributed by atoms with van der Waals surface area (Å²) < 4.78 is 32.1. The number of aromatic nitrogens is 1. The fourth-order valence-electron chi connectivity index (χ4n) is 2.87. The number of hydrogen-bond acceptors (Lipinski definition) is 7. The summed E-state index contributed by atoms with van der Waals surface area (Å²) in [6.45, 7) is 2.69. The second kappa shape index (κ2) is 7.48. The van der Waals surface area contributed by atoms with Crippen LogP contribution in [-0.4, -0.2) is 67.7 Å². The van der Waals surface area contributed by atoms with Gasteiger partial charge in [0, 0.05) is 25.8 Å². The summed E-state index contributed by atoms with van der Waals surface area (Å²) in [5, 5.41) is 8.85. The molecule has 0 saturated carbocycles. The molecule has 3 rings (SSSR count). The molecule has 1 unspecified atom stereocenters. The molecule has 0 radical (unpaired) electrons. The van der Waals surface area contributed by atoms with Crippen molar-refractivity contribution >= 4 is 21.7 Å². The average molecular weight is 368 g/mol. The molecule has 2 aliphatic heterocycles. The largest absolute Gasteiger partial charge is 0.378 e. The van der Waals surface area contributed by atoms with Gasteiger partial charge in [-0.2, -0.15) is 4.31 Å². The summed E-state index contributed by atoms with van der Waals surface area (Å²) in [5.41, 5.74) is 1.53. The van der Waals surface area contributed by atoms with Gasteiger partial charge in [-0.15, -0.1) is 0 Å². The molecule has 2 aliphatic rings. The molecule has 25 heavy (non-hydrogen) atoms. The third-order valence-corrected chi connectivity index (χ3v) is 6.09. The molecule has 9 nitrogen and oxygen atoms in total. The zero-order valence-electron chi connectivity index (χ0n) is 13.5. The first-order valence-corrected chi connectivity index (χ1v) is 9.37. The van der Waals surface area contributed by atoms with Gasteiger partial charge >= 0.3 is 0 Å². The van der Waals surface area contributed by atoms with Crippen molar-refractivity contribution in [3.63, 3.8) is 0 Å². The average Bonchev–Trinajstić information content (AvgIpc) is 2.68. The first-order chi connectivity index (χ1) is 12.0. The van der Waals surface area contributed by atoms with Gasteiger partial charge in [-0.1, -0.05) is 12.2 Å². The molecule has 10 heteroatoms. The number of nitrogens with zero attached hydrogens (tertiary/aromatic N) is 3. The quantitative estimate of drug-likeness (QED) is 0.428. The minimum Gasteiger partial charge on any atom is -0.378 e. The lowest BCUT2D eigenvalue weighted by molar-refractivity contribution is -0.133. The maximum Gasteiger partial charge on any atom is 0.262 e. The molecule has 1 amide bonds. The fourth-order valence-corrected chi connectivity index (χ4v) is 4.36. The summed E-state index contributed by atoms with van der Waals surface area (Å²) in [7, 11) is -3.91. The van der Waals surface area contributed by atoms with Crippen LogP contribution in [0.2, 0.25) is 0 Å². The van der Waals surface area contributed by atoms with E-state index in [1.54, 1.807) is 18.2 Å². The van der Waals surface area contributed by atoms with Crippen molar-refractivity contribution in [1.82, 2.24) is 14.8 Å². The summed E-state index contributed by atoms with van der Waals surface area (Å²) in [6.07, 6.45) is 4.89. The Labute approximate surface area is 145 Å². The second-order valence-electron chi connectivity index (χ2n) is 5.73. The standard InChI is InChI=1S/C15H20N4O5S/c20-15(17-21)13-3-1-2-6-19(13)25(22,23)12-4-5-14(16-11-12)18-7-9-24-10-8-18/h1-2,4-5,11,13,21H,3,6-10H2,(H,17,20). The monoisotopic (exact) mass is 368 g/mol. The molecule has 1 aromatic rings. The highest BCUT2D eigenvalue weighted by molar-refractivity contribution is 7.89. The van der Waals surface area contributed by atoms with E-state index in [-0.39, 0.29) is 17.9 Å². The Morgan fingerprint density at radius 2 is 2.04 bits per heavy atom. The van der Waals surface area contributed by atoms with Gasteiger partial charge in [0.1, 0.15) is 16.8 Å². The number of carbonyl (C=O) groups is 1. The van der Waals surface area contributed by atoms with Gasteiger partial charge in [-0.25, -0.2) is 18.9 Å². The van der Waals surface area contributed by atoms with Crippen LogP contribution in [0.4, 0.5) is 5.82 Å². The van der Waals surface area contributed by atoms with Crippen LogP contribution in [0.15, 0.2) is 35.4 Å². The predicted octanol–water partition coefficient (Wildman–Crippen LogP) is -0.257. The first-order valence-electron chi connectivity index (χ1n) is 7.93. The van der Waals surface area contributed by atoms with Crippen LogP contribution >= 0.6 is 0 Å². The number of sulfonamides is 1. The van der Waals surface area contributed by atoms with E-state index in [0.29, 0.717) is 32.1 Å². The van der Waals surface area contributed by atoms with Gasteiger partial charge in [0.05, 0.1) is 13.2 Å². The maximum atomic E-state index is 12.9. The van der Waals surface area contributed by atoms with Gasteiger partial charge in [0.15, 0.2) is 0 Å².